The zero-order valence-corrected chi connectivity index (χ0v) is 13.6. The summed E-state index contributed by atoms with van der Waals surface area (Å²) < 4.78 is 7.15. The highest BCUT2D eigenvalue weighted by atomic mass is 16.5. The molecule has 3 unspecified atom stereocenters. The zero-order valence-electron chi connectivity index (χ0n) is 13.6. The van der Waals surface area contributed by atoms with E-state index in [-0.39, 0.29) is 5.69 Å². The van der Waals surface area contributed by atoms with Crippen LogP contribution in [0.1, 0.15) is 69.3 Å². The summed E-state index contributed by atoms with van der Waals surface area (Å²) in [5.74, 6) is 2.24. The third kappa shape index (κ3) is 2.78. The number of aryl methyl sites for hydroxylation is 1. The number of rotatable bonds is 5. The molecule has 3 atom stereocenters. The smallest absolute Gasteiger partial charge is 0.360 e. The Morgan fingerprint density at radius 2 is 2.10 bits per heavy atom. The Balaban J connectivity index is 2.37. The van der Waals surface area contributed by atoms with Gasteiger partial charge in [-0.3, -0.25) is 0 Å². The van der Waals surface area contributed by atoms with Crippen molar-refractivity contribution in [3.63, 3.8) is 0 Å². The number of esters is 1. The number of nitrogens with zero attached hydrogens (tertiary/aromatic N) is 2. The maximum absolute atomic E-state index is 12.0. The number of nitrogens with two attached hydrogens (primary N) is 1. The van der Waals surface area contributed by atoms with Gasteiger partial charge < -0.3 is 15.0 Å². The molecule has 1 aromatic heterocycles. The average molecular weight is 293 g/mol. The summed E-state index contributed by atoms with van der Waals surface area (Å²) in [4.78, 5) is 16.4. The maximum Gasteiger partial charge on any atom is 0.360 e. The van der Waals surface area contributed by atoms with E-state index in [4.69, 9.17) is 10.5 Å². The van der Waals surface area contributed by atoms with Crippen molar-refractivity contribution >= 4 is 11.8 Å². The summed E-state index contributed by atoms with van der Waals surface area (Å²) in [7, 11) is 0. The number of imidazole rings is 1. The van der Waals surface area contributed by atoms with Crippen molar-refractivity contribution in [2.75, 3.05) is 12.3 Å². The van der Waals surface area contributed by atoms with Crippen molar-refractivity contribution in [3.8, 4) is 0 Å². The van der Waals surface area contributed by atoms with Gasteiger partial charge in [-0.05, 0) is 31.6 Å². The largest absolute Gasteiger partial charge is 0.461 e. The van der Waals surface area contributed by atoms with Gasteiger partial charge in [0.2, 0.25) is 0 Å². The Bertz CT molecular complexity index is 510. The highest BCUT2D eigenvalue weighted by molar-refractivity contribution is 5.92. The number of aromatic nitrogens is 2. The molecule has 0 bridgehead atoms. The molecule has 5 heteroatoms. The van der Waals surface area contributed by atoms with Crippen LogP contribution in [0, 0.1) is 11.8 Å². The Hall–Kier alpha value is -1.52. The van der Waals surface area contributed by atoms with Gasteiger partial charge in [-0.15, -0.1) is 0 Å². The molecule has 0 radical (unpaired) electrons. The van der Waals surface area contributed by atoms with Gasteiger partial charge in [0, 0.05) is 12.5 Å². The third-order valence-electron chi connectivity index (χ3n) is 4.85. The lowest BCUT2D eigenvalue weighted by Crippen LogP contribution is -2.19. The minimum atomic E-state index is -0.416. The van der Waals surface area contributed by atoms with Gasteiger partial charge in [0.25, 0.3) is 0 Å². The number of carbonyl (C=O) groups excluding carboxylic acids is 1. The molecular weight excluding hydrogens is 266 g/mol. The van der Waals surface area contributed by atoms with E-state index in [1.165, 1.54) is 12.8 Å². The molecule has 21 heavy (non-hydrogen) atoms. The second-order valence-corrected chi connectivity index (χ2v) is 5.88. The summed E-state index contributed by atoms with van der Waals surface area (Å²) in [6.07, 6.45) is 4.29. The first-order valence-corrected chi connectivity index (χ1v) is 8.08. The fourth-order valence-electron chi connectivity index (χ4n) is 3.63. The molecule has 1 fully saturated rings. The molecule has 118 valence electrons. The summed E-state index contributed by atoms with van der Waals surface area (Å²) in [5, 5.41) is 0. The van der Waals surface area contributed by atoms with E-state index in [2.05, 4.69) is 23.4 Å². The topological polar surface area (TPSA) is 70.1 Å². The lowest BCUT2D eigenvalue weighted by atomic mass is 9.93. The van der Waals surface area contributed by atoms with Crippen LogP contribution in [0.15, 0.2) is 0 Å². The second kappa shape index (κ2) is 6.50. The minimum Gasteiger partial charge on any atom is -0.461 e. The van der Waals surface area contributed by atoms with Gasteiger partial charge in [-0.25, -0.2) is 9.78 Å². The van der Waals surface area contributed by atoms with Crippen LogP contribution < -0.4 is 5.73 Å². The second-order valence-electron chi connectivity index (χ2n) is 5.88. The SMILES string of the molecule is CCOC(=O)c1nc(CC)n(C2CCC(CC)C2C)c1N. The number of nitrogen functional groups attached to an aromatic ring is 1. The van der Waals surface area contributed by atoms with Crippen molar-refractivity contribution in [2.45, 2.75) is 59.4 Å². The number of anilines is 1. The molecule has 5 nitrogen and oxygen atoms in total. The van der Waals surface area contributed by atoms with Gasteiger partial charge in [-0.1, -0.05) is 27.2 Å². The summed E-state index contributed by atoms with van der Waals surface area (Å²) in [6.45, 7) is 8.70. The van der Waals surface area contributed by atoms with Crippen molar-refractivity contribution in [2.24, 2.45) is 11.8 Å². The highest BCUT2D eigenvalue weighted by Crippen LogP contribution is 2.43. The number of hydrogen-bond acceptors (Lipinski definition) is 4. The van der Waals surface area contributed by atoms with Crippen molar-refractivity contribution in [1.29, 1.82) is 0 Å². The lowest BCUT2D eigenvalue weighted by molar-refractivity contribution is 0.0521. The van der Waals surface area contributed by atoms with Gasteiger partial charge in [0.15, 0.2) is 5.69 Å². The standard InChI is InChI=1S/C16H27N3O2/c1-5-11-8-9-12(10(11)4)19-13(6-2)18-14(15(19)17)16(20)21-7-3/h10-12H,5-9,17H2,1-4H3. The van der Waals surface area contributed by atoms with E-state index in [1.807, 2.05) is 6.92 Å². The molecule has 1 aliphatic rings. The molecule has 2 rings (SSSR count). The molecule has 0 aromatic carbocycles. The average Bonchev–Trinajstić information content (AvgIpc) is 2.99. The third-order valence-corrected chi connectivity index (χ3v) is 4.85. The van der Waals surface area contributed by atoms with E-state index >= 15 is 0 Å². The lowest BCUT2D eigenvalue weighted by Gasteiger charge is -2.23. The van der Waals surface area contributed by atoms with Crippen molar-refractivity contribution in [1.82, 2.24) is 9.55 Å². The zero-order chi connectivity index (χ0) is 15.6. The van der Waals surface area contributed by atoms with Crippen LogP contribution in [-0.4, -0.2) is 22.1 Å². The van der Waals surface area contributed by atoms with Gasteiger partial charge >= 0.3 is 5.97 Å². The fourth-order valence-corrected chi connectivity index (χ4v) is 3.63. The van der Waals surface area contributed by atoms with Crippen LogP contribution in [0.25, 0.3) is 0 Å². The summed E-state index contributed by atoms with van der Waals surface area (Å²) in [6, 6.07) is 0.348. The van der Waals surface area contributed by atoms with E-state index in [0.29, 0.717) is 24.4 Å². The first kappa shape index (κ1) is 15.9. The monoisotopic (exact) mass is 293 g/mol. The molecule has 0 aliphatic heterocycles. The normalized spacial score (nSPS) is 25.2. The Morgan fingerprint density at radius 3 is 2.62 bits per heavy atom. The van der Waals surface area contributed by atoms with Crippen LogP contribution >= 0.6 is 0 Å². The molecule has 0 saturated heterocycles. The Labute approximate surface area is 126 Å². The number of hydrogen-bond donors (Lipinski definition) is 1. The molecule has 0 amide bonds. The molecule has 1 saturated carbocycles. The van der Waals surface area contributed by atoms with Gasteiger partial charge in [-0.2, -0.15) is 0 Å². The molecule has 1 aliphatic carbocycles. The number of carbonyl (C=O) groups is 1. The maximum atomic E-state index is 12.0. The van der Waals surface area contributed by atoms with Crippen LogP contribution in [0.5, 0.6) is 0 Å². The predicted molar refractivity (Wildman–Crippen MR) is 83.2 cm³/mol. The quantitative estimate of drug-likeness (QED) is 0.846. The van der Waals surface area contributed by atoms with Gasteiger partial charge in [0.1, 0.15) is 11.6 Å². The highest BCUT2D eigenvalue weighted by Gasteiger charge is 2.36. The molecular formula is C16H27N3O2. The van der Waals surface area contributed by atoms with Crippen LogP contribution in [-0.2, 0) is 11.2 Å². The van der Waals surface area contributed by atoms with Crippen LogP contribution in [0.2, 0.25) is 0 Å². The van der Waals surface area contributed by atoms with E-state index in [1.54, 1.807) is 6.92 Å². The van der Waals surface area contributed by atoms with Crippen molar-refractivity contribution in [3.05, 3.63) is 11.5 Å². The Morgan fingerprint density at radius 1 is 1.38 bits per heavy atom. The Kier molecular flexibility index (Phi) is 4.91. The first-order valence-electron chi connectivity index (χ1n) is 8.08. The molecule has 1 heterocycles. The number of ether oxygens (including phenoxy) is 1. The summed E-state index contributed by atoms with van der Waals surface area (Å²) in [5.41, 5.74) is 6.52. The van der Waals surface area contributed by atoms with E-state index in [0.717, 1.165) is 24.6 Å². The van der Waals surface area contributed by atoms with Crippen LogP contribution in [0.3, 0.4) is 0 Å². The first-order chi connectivity index (χ1) is 10.0. The van der Waals surface area contributed by atoms with Crippen LogP contribution in [0.4, 0.5) is 5.82 Å². The fraction of sp³-hybridized carbons (Fsp3) is 0.750. The van der Waals surface area contributed by atoms with E-state index in [9.17, 15) is 4.79 Å². The predicted octanol–water partition coefficient (Wildman–Crippen LogP) is 3.20. The summed E-state index contributed by atoms with van der Waals surface area (Å²) >= 11 is 0. The van der Waals surface area contributed by atoms with Gasteiger partial charge in [0.05, 0.1) is 6.61 Å². The van der Waals surface area contributed by atoms with Crippen molar-refractivity contribution < 1.29 is 9.53 Å². The molecule has 2 N–H and O–H groups in total. The molecule has 1 aromatic rings. The van der Waals surface area contributed by atoms with E-state index < -0.39 is 5.97 Å². The minimum absolute atomic E-state index is 0.279. The molecule has 0 spiro atoms.